The molecule has 1 amide bonds. The quantitative estimate of drug-likeness (QED) is 0.474. The number of anilines is 1. The number of fused-ring (bicyclic) bond motifs is 1. The van der Waals surface area contributed by atoms with Crippen LogP contribution in [0, 0.1) is 0 Å². The van der Waals surface area contributed by atoms with Crippen LogP contribution < -0.4 is 9.04 Å². The highest BCUT2D eigenvalue weighted by molar-refractivity contribution is 7.95. The van der Waals surface area contributed by atoms with E-state index in [0.29, 0.717) is 4.31 Å². The number of thiophene rings is 1. The van der Waals surface area contributed by atoms with Crippen LogP contribution in [0.1, 0.15) is 17.5 Å². The molecule has 5 rings (SSSR count). The Morgan fingerprint density at radius 2 is 2.03 bits per heavy atom. The lowest BCUT2D eigenvalue weighted by atomic mass is 9.81. The van der Waals surface area contributed by atoms with Gasteiger partial charge in [-0.1, -0.05) is 17.7 Å². The number of aliphatic carboxylic acids is 1. The maximum absolute atomic E-state index is 14.6. The molecule has 13 heteroatoms. The third-order valence-corrected chi connectivity index (χ3v) is 9.71. The van der Waals surface area contributed by atoms with Crippen molar-refractivity contribution in [3.05, 3.63) is 70.2 Å². The van der Waals surface area contributed by atoms with Gasteiger partial charge >= 0.3 is 5.97 Å². The van der Waals surface area contributed by atoms with Crippen molar-refractivity contribution in [1.82, 2.24) is 9.88 Å². The second kappa shape index (κ2) is 8.82. The summed E-state index contributed by atoms with van der Waals surface area (Å²) in [4.78, 5) is 32.4. The lowest BCUT2D eigenvalue weighted by Gasteiger charge is -2.40. The number of benzene rings is 1. The summed E-state index contributed by atoms with van der Waals surface area (Å²) >= 11 is 7.29. The lowest BCUT2D eigenvalue weighted by Crippen LogP contribution is -2.58. The second-order valence-electron chi connectivity index (χ2n) is 8.33. The number of aliphatic hydroxyl groups excluding tert-OH is 1. The van der Waals surface area contributed by atoms with Gasteiger partial charge < -0.3 is 14.9 Å². The number of methoxy groups -OCH3 is 1. The lowest BCUT2D eigenvalue weighted by molar-refractivity contribution is -0.145. The molecule has 188 valence electrons. The number of β-amino-alcohol motifs (C(OH)–C–C–N with tert-alkyl or cyclic N) is 1. The molecule has 3 atom stereocenters. The molecule has 0 radical (unpaired) electrons. The smallest absolute Gasteiger partial charge is 0.321 e. The van der Waals surface area contributed by atoms with Crippen LogP contribution in [0.3, 0.4) is 0 Å². The van der Waals surface area contributed by atoms with Crippen molar-refractivity contribution in [3.63, 3.8) is 0 Å². The molecule has 1 unspecified atom stereocenters. The van der Waals surface area contributed by atoms with E-state index in [1.165, 1.54) is 54.6 Å². The van der Waals surface area contributed by atoms with Crippen LogP contribution >= 0.6 is 22.9 Å². The molecule has 2 aromatic heterocycles. The number of aromatic nitrogens is 1. The normalized spacial score (nSPS) is 24.2. The zero-order valence-corrected chi connectivity index (χ0v) is 21.1. The summed E-state index contributed by atoms with van der Waals surface area (Å²) in [5.41, 5.74) is -1.73. The van der Waals surface area contributed by atoms with E-state index < -0.39 is 39.6 Å². The molecule has 1 aromatic carbocycles. The van der Waals surface area contributed by atoms with Gasteiger partial charge in [-0.25, -0.2) is 4.98 Å². The van der Waals surface area contributed by atoms with Crippen LogP contribution in [0.5, 0.6) is 5.88 Å². The van der Waals surface area contributed by atoms with Gasteiger partial charge in [-0.3, -0.25) is 14.5 Å². The number of aliphatic hydroxyl groups is 1. The van der Waals surface area contributed by atoms with E-state index in [1.54, 1.807) is 11.4 Å². The van der Waals surface area contributed by atoms with Gasteiger partial charge in [0.05, 0.1) is 18.9 Å². The summed E-state index contributed by atoms with van der Waals surface area (Å²) in [7, 11) is -3.05. The Labute approximate surface area is 215 Å². The van der Waals surface area contributed by atoms with Crippen LogP contribution in [-0.2, 0) is 25.2 Å². The number of carbonyl (C=O) groups excluding carboxylic acids is 1. The number of nitrogens with zero attached hydrogens (tertiary/aromatic N) is 3. The first kappa shape index (κ1) is 24.7. The number of likely N-dealkylation sites (tertiary alicyclic amines) is 1. The number of halogens is 1. The Balaban J connectivity index is 1.89. The third-order valence-electron chi connectivity index (χ3n) is 6.40. The predicted octanol–water partition coefficient (Wildman–Crippen LogP) is 2.30. The number of amides is 1. The van der Waals surface area contributed by atoms with Crippen molar-refractivity contribution in [1.29, 1.82) is 0 Å². The number of ether oxygens (including phenoxy) is 1. The largest absolute Gasteiger partial charge is 0.481 e. The number of hydrogen-bond acceptors (Lipinski definition) is 9. The van der Waals surface area contributed by atoms with E-state index in [2.05, 4.69) is 4.98 Å². The molecule has 2 aliphatic rings. The number of carboxylic acid groups (broad SMARTS) is 1. The van der Waals surface area contributed by atoms with Gasteiger partial charge in [0.15, 0.2) is 5.54 Å². The Bertz CT molecular complexity index is 1460. The SMILES string of the molecule is COc1ncccc1C1(N2C[C@H](O)C[C@H]2C(=O)O)C(=O)N(S(=O)(=O)c2cccs2)c2ccc(Cl)cc21. The highest BCUT2D eigenvalue weighted by Crippen LogP contribution is 2.54. The van der Waals surface area contributed by atoms with E-state index in [1.807, 2.05) is 0 Å². The minimum absolute atomic E-state index is 0.00215. The Hall–Kier alpha value is -3.03. The standard InChI is InChI=1S/C23H20ClN3O7S2/c1-34-20-15(4-2-8-25-20)23(26-12-14(28)11-18(26)21(29)30)16-10-13(24)6-7-17(16)27(22(23)31)36(32,33)19-5-3-9-35-19/h2-10,14,18,28H,11-12H2,1H3,(H,29,30)/t14-,18+,23?/m1/s1. The molecule has 0 aliphatic carbocycles. The van der Waals surface area contributed by atoms with Gasteiger partial charge in [-0.15, -0.1) is 11.3 Å². The Morgan fingerprint density at radius 3 is 2.69 bits per heavy atom. The first-order chi connectivity index (χ1) is 17.1. The molecule has 36 heavy (non-hydrogen) atoms. The molecule has 3 aromatic rings. The summed E-state index contributed by atoms with van der Waals surface area (Å²) in [6.45, 7) is -0.223. The van der Waals surface area contributed by atoms with Crippen molar-refractivity contribution in [2.45, 2.75) is 28.3 Å². The molecule has 2 N–H and O–H groups in total. The van der Waals surface area contributed by atoms with Gasteiger partial charge in [0, 0.05) is 35.3 Å². The van der Waals surface area contributed by atoms with Gasteiger partial charge in [0.25, 0.3) is 15.9 Å². The monoisotopic (exact) mass is 549 g/mol. The third kappa shape index (κ3) is 3.44. The predicted molar refractivity (Wildman–Crippen MR) is 131 cm³/mol. The fraction of sp³-hybridized carbons (Fsp3) is 0.261. The Morgan fingerprint density at radius 1 is 1.25 bits per heavy atom. The van der Waals surface area contributed by atoms with Crippen LogP contribution in [0.25, 0.3) is 0 Å². The second-order valence-corrected chi connectivity index (χ2v) is 11.7. The summed E-state index contributed by atoms with van der Waals surface area (Å²) in [5, 5.41) is 22.3. The minimum atomic E-state index is -4.39. The molecule has 10 nitrogen and oxygen atoms in total. The number of hydrogen-bond donors (Lipinski definition) is 2. The van der Waals surface area contributed by atoms with Crippen molar-refractivity contribution >= 4 is 50.5 Å². The highest BCUT2D eigenvalue weighted by atomic mass is 35.5. The summed E-state index contributed by atoms with van der Waals surface area (Å²) in [5.74, 6) is -2.22. The average Bonchev–Trinajstić information content (AvgIpc) is 3.57. The summed E-state index contributed by atoms with van der Waals surface area (Å²) in [6, 6.07) is 8.99. The summed E-state index contributed by atoms with van der Waals surface area (Å²) in [6.07, 6.45) is 0.187. The number of rotatable bonds is 6. The maximum Gasteiger partial charge on any atom is 0.321 e. The highest BCUT2D eigenvalue weighted by Gasteiger charge is 2.64. The zero-order valence-electron chi connectivity index (χ0n) is 18.7. The fourth-order valence-electron chi connectivity index (χ4n) is 5.03. The van der Waals surface area contributed by atoms with Crippen molar-refractivity contribution in [2.75, 3.05) is 18.0 Å². The van der Waals surface area contributed by atoms with E-state index in [9.17, 15) is 28.2 Å². The van der Waals surface area contributed by atoms with E-state index >= 15 is 0 Å². The minimum Gasteiger partial charge on any atom is -0.481 e. The van der Waals surface area contributed by atoms with E-state index in [0.717, 1.165) is 11.3 Å². The molecule has 0 spiro atoms. The molecule has 4 heterocycles. The zero-order chi connectivity index (χ0) is 25.8. The molecular weight excluding hydrogens is 530 g/mol. The van der Waals surface area contributed by atoms with Crippen LogP contribution in [0.2, 0.25) is 5.02 Å². The van der Waals surface area contributed by atoms with Crippen LogP contribution in [0.4, 0.5) is 5.69 Å². The van der Waals surface area contributed by atoms with Crippen molar-refractivity contribution < 1.29 is 33.0 Å². The van der Waals surface area contributed by atoms with Gasteiger partial charge in [0.1, 0.15) is 10.3 Å². The van der Waals surface area contributed by atoms with Crippen LogP contribution in [-0.4, -0.2) is 66.2 Å². The number of sulfonamides is 1. The van der Waals surface area contributed by atoms with Crippen LogP contribution in [0.15, 0.2) is 58.3 Å². The van der Waals surface area contributed by atoms with Gasteiger partial charge in [0.2, 0.25) is 5.88 Å². The topological polar surface area (TPSA) is 137 Å². The van der Waals surface area contributed by atoms with Crippen molar-refractivity contribution in [3.8, 4) is 5.88 Å². The number of carbonyl (C=O) groups is 2. The van der Waals surface area contributed by atoms with Crippen molar-refractivity contribution in [2.24, 2.45) is 0 Å². The summed E-state index contributed by atoms with van der Waals surface area (Å²) < 4.78 is 33.6. The first-order valence-electron chi connectivity index (χ1n) is 10.7. The molecule has 2 aliphatic heterocycles. The maximum atomic E-state index is 14.6. The Kier molecular flexibility index (Phi) is 6.04. The molecule has 1 fully saturated rings. The number of carboxylic acids is 1. The molecule has 1 saturated heterocycles. The molecule has 0 bridgehead atoms. The average molecular weight is 550 g/mol. The van der Waals surface area contributed by atoms with E-state index in [4.69, 9.17) is 16.3 Å². The number of pyridine rings is 1. The van der Waals surface area contributed by atoms with Gasteiger partial charge in [-0.2, -0.15) is 12.7 Å². The first-order valence-corrected chi connectivity index (χ1v) is 13.4. The van der Waals surface area contributed by atoms with E-state index in [-0.39, 0.29) is 44.9 Å². The molecular formula is C23H20ClN3O7S2. The van der Waals surface area contributed by atoms with Gasteiger partial charge in [-0.05, 0) is 41.8 Å². The fourth-order valence-corrected chi connectivity index (χ4v) is 7.72. The molecule has 0 saturated carbocycles.